The first-order valence-corrected chi connectivity index (χ1v) is 10.00. The lowest BCUT2D eigenvalue weighted by Crippen LogP contribution is -2.39. The molecule has 4 nitrogen and oxygen atoms in total. The number of hydrogen-bond donors (Lipinski definition) is 0. The van der Waals surface area contributed by atoms with Crippen LogP contribution in [0.25, 0.3) is 0 Å². The van der Waals surface area contributed by atoms with Crippen LogP contribution in [0.15, 0.2) is 24.3 Å². The summed E-state index contributed by atoms with van der Waals surface area (Å²) in [6.07, 6.45) is 4.42. The quantitative estimate of drug-likeness (QED) is 0.830. The van der Waals surface area contributed by atoms with Crippen LogP contribution >= 0.6 is 0 Å². The lowest BCUT2D eigenvalue weighted by Gasteiger charge is -2.33. The third-order valence-electron chi connectivity index (χ3n) is 6.69. The lowest BCUT2D eigenvalue weighted by atomic mass is 9.90. The minimum absolute atomic E-state index is 0.176. The van der Waals surface area contributed by atoms with Crippen molar-refractivity contribution in [2.75, 3.05) is 46.3 Å². The predicted molar refractivity (Wildman–Crippen MR) is 100 cm³/mol. The summed E-state index contributed by atoms with van der Waals surface area (Å²) in [6, 6.07) is 6.82. The van der Waals surface area contributed by atoms with Gasteiger partial charge in [0.25, 0.3) is 0 Å². The Hall–Kier alpha value is -1.46. The Morgan fingerprint density at radius 1 is 1.08 bits per heavy atom. The Morgan fingerprint density at radius 2 is 1.81 bits per heavy atom. The topological polar surface area (TPSA) is 26.8 Å². The zero-order valence-corrected chi connectivity index (χ0v) is 15.8. The average molecular weight is 359 g/mol. The second-order valence-corrected chi connectivity index (χ2v) is 8.50. The minimum Gasteiger partial charge on any atom is -0.341 e. The number of carbonyl (C=O) groups is 1. The van der Waals surface area contributed by atoms with E-state index in [1.807, 2.05) is 12.1 Å². The summed E-state index contributed by atoms with van der Waals surface area (Å²) in [5, 5.41) is 0. The van der Waals surface area contributed by atoms with Gasteiger partial charge in [0.15, 0.2) is 0 Å². The highest BCUT2D eigenvalue weighted by molar-refractivity contribution is 5.82. The summed E-state index contributed by atoms with van der Waals surface area (Å²) >= 11 is 0. The van der Waals surface area contributed by atoms with Gasteiger partial charge in [-0.3, -0.25) is 9.69 Å². The SMILES string of the molecule is CN1CCCN(C(=O)C2CC23CCN(Cc2ccc(F)cc2)CC3)CC1. The Kier molecular flexibility index (Phi) is 5.02. The summed E-state index contributed by atoms with van der Waals surface area (Å²) in [5.41, 5.74) is 1.44. The molecule has 3 fully saturated rings. The van der Waals surface area contributed by atoms with Crippen molar-refractivity contribution in [2.24, 2.45) is 11.3 Å². The number of carbonyl (C=O) groups excluding carboxylic acids is 1. The molecule has 1 saturated carbocycles. The maximum atomic E-state index is 13.0. The molecule has 4 rings (SSSR count). The van der Waals surface area contributed by atoms with E-state index < -0.39 is 0 Å². The number of likely N-dealkylation sites (tertiary alicyclic amines) is 1. The van der Waals surface area contributed by atoms with E-state index in [1.165, 1.54) is 17.7 Å². The molecule has 0 N–H and O–H groups in total. The highest BCUT2D eigenvalue weighted by Crippen LogP contribution is 2.60. The van der Waals surface area contributed by atoms with E-state index in [-0.39, 0.29) is 17.2 Å². The van der Waals surface area contributed by atoms with Gasteiger partial charge in [0, 0.05) is 32.1 Å². The molecular weight excluding hydrogens is 329 g/mol. The van der Waals surface area contributed by atoms with E-state index >= 15 is 0 Å². The first kappa shape index (κ1) is 17.9. The fourth-order valence-corrected chi connectivity index (χ4v) is 4.74. The molecule has 26 heavy (non-hydrogen) atoms. The van der Waals surface area contributed by atoms with Gasteiger partial charge in [0.2, 0.25) is 5.91 Å². The smallest absolute Gasteiger partial charge is 0.226 e. The molecule has 1 aromatic rings. The second-order valence-electron chi connectivity index (χ2n) is 8.50. The van der Waals surface area contributed by atoms with Crippen LogP contribution in [0, 0.1) is 17.2 Å². The van der Waals surface area contributed by atoms with E-state index in [4.69, 9.17) is 0 Å². The molecule has 1 aromatic carbocycles. The van der Waals surface area contributed by atoms with Crippen LogP contribution in [0.2, 0.25) is 0 Å². The summed E-state index contributed by atoms with van der Waals surface area (Å²) < 4.78 is 13.0. The van der Waals surface area contributed by atoms with E-state index in [0.29, 0.717) is 5.91 Å². The van der Waals surface area contributed by atoms with Crippen LogP contribution in [-0.4, -0.2) is 66.9 Å². The number of piperidine rings is 1. The van der Waals surface area contributed by atoms with E-state index in [1.54, 1.807) is 0 Å². The predicted octanol–water partition coefficient (Wildman–Crippen LogP) is 2.59. The number of nitrogens with zero attached hydrogens (tertiary/aromatic N) is 3. The molecule has 1 amide bonds. The Labute approximate surface area is 155 Å². The number of likely N-dealkylation sites (N-methyl/N-ethyl adjacent to an activating group) is 1. The molecule has 0 bridgehead atoms. The molecule has 1 atom stereocenters. The van der Waals surface area contributed by atoms with Crippen molar-refractivity contribution in [3.63, 3.8) is 0 Å². The Morgan fingerprint density at radius 3 is 2.54 bits per heavy atom. The zero-order valence-electron chi connectivity index (χ0n) is 15.8. The fraction of sp³-hybridized carbons (Fsp3) is 0.667. The van der Waals surface area contributed by atoms with Crippen molar-refractivity contribution in [1.82, 2.24) is 14.7 Å². The number of benzene rings is 1. The van der Waals surface area contributed by atoms with Gasteiger partial charge in [0.1, 0.15) is 5.82 Å². The van der Waals surface area contributed by atoms with Gasteiger partial charge in [-0.25, -0.2) is 4.39 Å². The summed E-state index contributed by atoms with van der Waals surface area (Å²) in [6.45, 7) is 6.88. The first-order chi connectivity index (χ1) is 12.6. The van der Waals surface area contributed by atoms with Crippen molar-refractivity contribution in [3.8, 4) is 0 Å². The molecule has 2 aliphatic heterocycles. The van der Waals surface area contributed by atoms with Gasteiger partial charge in [-0.15, -0.1) is 0 Å². The Bertz CT molecular complexity index is 639. The third-order valence-corrected chi connectivity index (χ3v) is 6.69. The Balaban J connectivity index is 1.28. The number of amides is 1. The molecule has 1 unspecified atom stereocenters. The summed E-state index contributed by atoms with van der Waals surface area (Å²) in [7, 11) is 2.14. The van der Waals surface area contributed by atoms with E-state index in [0.717, 1.165) is 71.5 Å². The van der Waals surface area contributed by atoms with Crippen LogP contribution in [0.1, 0.15) is 31.2 Å². The normalized spacial score (nSPS) is 26.7. The van der Waals surface area contributed by atoms with E-state index in [2.05, 4.69) is 21.7 Å². The monoisotopic (exact) mass is 359 g/mol. The van der Waals surface area contributed by atoms with Crippen LogP contribution < -0.4 is 0 Å². The summed E-state index contributed by atoms with van der Waals surface area (Å²) in [5.74, 6) is 0.497. The second kappa shape index (κ2) is 7.28. The van der Waals surface area contributed by atoms with Gasteiger partial charge in [-0.1, -0.05) is 12.1 Å². The standard InChI is InChI=1S/C21H30FN3O/c1-23-9-2-10-25(14-13-23)20(26)19-15-21(19)7-11-24(12-8-21)16-17-3-5-18(22)6-4-17/h3-6,19H,2,7-16H2,1H3. The van der Waals surface area contributed by atoms with Gasteiger partial charge in [0.05, 0.1) is 0 Å². The highest BCUT2D eigenvalue weighted by atomic mass is 19.1. The summed E-state index contributed by atoms with van der Waals surface area (Å²) in [4.78, 5) is 19.8. The van der Waals surface area contributed by atoms with Gasteiger partial charge in [-0.2, -0.15) is 0 Å². The van der Waals surface area contributed by atoms with E-state index in [9.17, 15) is 9.18 Å². The van der Waals surface area contributed by atoms with Gasteiger partial charge < -0.3 is 9.80 Å². The number of rotatable bonds is 3. The number of hydrogen-bond acceptors (Lipinski definition) is 3. The molecule has 2 saturated heterocycles. The van der Waals surface area contributed by atoms with Crippen LogP contribution in [0.5, 0.6) is 0 Å². The molecular formula is C21H30FN3O. The van der Waals surface area contributed by atoms with Crippen molar-refractivity contribution in [2.45, 2.75) is 32.2 Å². The van der Waals surface area contributed by atoms with Crippen molar-refractivity contribution in [3.05, 3.63) is 35.6 Å². The lowest BCUT2D eigenvalue weighted by molar-refractivity contribution is -0.133. The molecule has 2 heterocycles. The fourth-order valence-electron chi connectivity index (χ4n) is 4.74. The molecule has 3 aliphatic rings. The van der Waals surface area contributed by atoms with Gasteiger partial charge >= 0.3 is 0 Å². The largest absolute Gasteiger partial charge is 0.341 e. The number of halogens is 1. The molecule has 0 radical (unpaired) electrons. The third kappa shape index (κ3) is 3.79. The van der Waals surface area contributed by atoms with Crippen LogP contribution in [-0.2, 0) is 11.3 Å². The van der Waals surface area contributed by atoms with Crippen molar-refractivity contribution in [1.29, 1.82) is 0 Å². The van der Waals surface area contributed by atoms with Crippen LogP contribution in [0.4, 0.5) is 4.39 Å². The zero-order chi connectivity index (χ0) is 18.1. The van der Waals surface area contributed by atoms with Gasteiger partial charge in [-0.05, 0) is 75.5 Å². The first-order valence-electron chi connectivity index (χ1n) is 10.00. The molecule has 0 aromatic heterocycles. The highest BCUT2D eigenvalue weighted by Gasteiger charge is 2.59. The van der Waals surface area contributed by atoms with Crippen molar-refractivity contribution >= 4 is 5.91 Å². The molecule has 5 heteroatoms. The van der Waals surface area contributed by atoms with Crippen molar-refractivity contribution < 1.29 is 9.18 Å². The van der Waals surface area contributed by atoms with Crippen LogP contribution in [0.3, 0.4) is 0 Å². The molecule has 1 spiro atoms. The average Bonchev–Trinajstić information content (AvgIpc) is 3.38. The maximum Gasteiger partial charge on any atom is 0.226 e. The maximum absolute atomic E-state index is 13.0. The minimum atomic E-state index is -0.176. The molecule has 142 valence electrons. The molecule has 1 aliphatic carbocycles.